The molecule has 0 saturated carbocycles. The van der Waals surface area contributed by atoms with Crippen LogP contribution in [0.15, 0.2) is 95.7 Å². The van der Waals surface area contributed by atoms with Gasteiger partial charge in [-0.2, -0.15) is 5.10 Å². The second-order valence-electron chi connectivity index (χ2n) is 7.78. The number of rotatable bonds is 8. The number of nitrogens with zero attached hydrogens (tertiary/aromatic N) is 2. The Morgan fingerprint density at radius 2 is 1.47 bits per heavy atom. The molecule has 0 saturated heterocycles. The third kappa shape index (κ3) is 7.60. The molecule has 3 aromatic carbocycles. The highest BCUT2D eigenvalue weighted by Crippen LogP contribution is 2.15. The Bertz CT molecular complexity index is 1130. The van der Waals surface area contributed by atoms with E-state index in [4.69, 9.17) is 0 Å². The predicted molar refractivity (Wildman–Crippen MR) is 141 cm³/mol. The van der Waals surface area contributed by atoms with Crippen molar-refractivity contribution in [2.75, 3.05) is 19.0 Å². The number of hydrazone groups is 1. The Labute approximate surface area is 206 Å². The smallest absolute Gasteiger partial charge is 0.287 e. The Hall–Kier alpha value is -3.90. The van der Waals surface area contributed by atoms with Crippen LogP contribution in [0.3, 0.4) is 0 Å². The summed E-state index contributed by atoms with van der Waals surface area (Å²) in [7, 11) is 3.91. The number of amides is 2. The summed E-state index contributed by atoms with van der Waals surface area (Å²) in [6.45, 7) is 1.99. The van der Waals surface area contributed by atoms with Gasteiger partial charge in [0.1, 0.15) is 5.70 Å². The van der Waals surface area contributed by atoms with Crippen molar-refractivity contribution >= 4 is 42.2 Å². The van der Waals surface area contributed by atoms with E-state index in [9.17, 15) is 9.59 Å². The first kappa shape index (κ1) is 26.4. The first-order valence-electron chi connectivity index (χ1n) is 10.7. The van der Waals surface area contributed by atoms with Gasteiger partial charge in [-0.05, 0) is 41.5 Å². The lowest BCUT2D eigenvalue weighted by Crippen LogP contribution is -2.32. The molecule has 2 N–H and O–H groups in total. The SMILES string of the molecule is CC(C=NNC(=O)C(=Cc1ccc(N(C)C)cc1)NC(=O)c1ccccc1)c1ccccc1.Cl. The van der Waals surface area contributed by atoms with Crippen molar-refractivity contribution in [1.82, 2.24) is 10.7 Å². The molecule has 0 heterocycles. The Kier molecular flexibility index (Phi) is 10.0. The highest BCUT2D eigenvalue weighted by molar-refractivity contribution is 6.05. The summed E-state index contributed by atoms with van der Waals surface area (Å²) in [6.07, 6.45) is 3.29. The maximum Gasteiger partial charge on any atom is 0.287 e. The van der Waals surface area contributed by atoms with Crippen LogP contribution in [0.5, 0.6) is 0 Å². The van der Waals surface area contributed by atoms with E-state index >= 15 is 0 Å². The molecule has 0 radical (unpaired) electrons. The summed E-state index contributed by atoms with van der Waals surface area (Å²) in [5.41, 5.74) is 5.99. The molecule has 34 heavy (non-hydrogen) atoms. The fourth-order valence-corrected chi connectivity index (χ4v) is 3.09. The molecule has 0 aliphatic heterocycles. The van der Waals surface area contributed by atoms with Gasteiger partial charge in [-0.3, -0.25) is 9.59 Å². The van der Waals surface area contributed by atoms with Crippen LogP contribution in [-0.2, 0) is 4.79 Å². The number of benzene rings is 3. The fourth-order valence-electron chi connectivity index (χ4n) is 3.09. The zero-order valence-electron chi connectivity index (χ0n) is 19.4. The van der Waals surface area contributed by atoms with Crippen molar-refractivity contribution in [2.24, 2.45) is 5.10 Å². The molecule has 3 aromatic rings. The topological polar surface area (TPSA) is 73.8 Å². The molecule has 0 aliphatic rings. The molecule has 0 fully saturated rings. The highest BCUT2D eigenvalue weighted by Gasteiger charge is 2.14. The van der Waals surface area contributed by atoms with Crippen LogP contribution in [0.25, 0.3) is 6.08 Å². The lowest BCUT2D eigenvalue weighted by molar-refractivity contribution is -0.117. The van der Waals surface area contributed by atoms with Gasteiger partial charge in [-0.15, -0.1) is 12.4 Å². The minimum absolute atomic E-state index is 0. The number of anilines is 1. The summed E-state index contributed by atoms with van der Waals surface area (Å²) in [5, 5.41) is 6.82. The van der Waals surface area contributed by atoms with Crippen LogP contribution in [0.1, 0.15) is 34.3 Å². The van der Waals surface area contributed by atoms with E-state index in [1.165, 1.54) is 0 Å². The van der Waals surface area contributed by atoms with E-state index in [0.717, 1.165) is 16.8 Å². The van der Waals surface area contributed by atoms with E-state index in [1.54, 1.807) is 36.6 Å². The third-order valence-electron chi connectivity index (χ3n) is 5.04. The molecule has 0 spiro atoms. The van der Waals surface area contributed by atoms with Gasteiger partial charge in [0.25, 0.3) is 11.8 Å². The van der Waals surface area contributed by atoms with Crippen LogP contribution in [0.2, 0.25) is 0 Å². The average Bonchev–Trinajstić information content (AvgIpc) is 2.84. The third-order valence-corrected chi connectivity index (χ3v) is 5.04. The predicted octanol–water partition coefficient (Wildman–Crippen LogP) is 4.85. The van der Waals surface area contributed by atoms with Gasteiger partial charge in [-0.1, -0.05) is 67.6 Å². The molecule has 0 aliphatic carbocycles. The summed E-state index contributed by atoms with van der Waals surface area (Å²) in [6, 6.07) is 26.3. The zero-order chi connectivity index (χ0) is 23.6. The van der Waals surface area contributed by atoms with Gasteiger partial charge in [0, 0.05) is 37.5 Å². The monoisotopic (exact) mass is 476 g/mol. The second kappa shape index (κ2) is 13.0. The van der Waals surface area contributed by atoms with E-state index in [-0.39, 0.29) is 29.9 Å². The first-order valence-corrected chi connectivity index (χ1v) is 10.7. The molecule has 7 heteroatoms. The van der Waals surface area contributed by atoms with Crippen molar-refractivity contribution in [1.29, 1.82) is 0 Å². The number of hydrogen-bond acceptors (Lipinski definition) is 4. The molecular weight excluding hydrogens is 448 g/mol. The molecule has 6 nitrogen and oxygen atoms in total. The van der Waals surface area contributed by atoms with Crippen molar-refractivity contribution in [3.05, 3.63) is 107 Å². The lowest BCUT2D eigenvalue weighted by Gasteiger charge is -2.13. The standard InChI is InChI=1S/C27H28N4O2.ClH/c1-20(22-10-6-4-7-11-22)19-28-30-27(33)25(29-26(32)23-12-8-5-9-13-23)18-21-14-16-24(17-15-21)31(2)3;/h4-20H,1-3H3,(H,29,32)(H,30,33);1H. The summed E-state index contributed by atoms with van der Waals surface area (Å²) >= 11 is 0. The van der Waals surface area contributed by atoms with Crippen LogP contribution in [-0.4, -0.2) is 32.1 Å². The van der Waals surface area contributed by atoms with E-state index in [1.807, 2.05) is 86.6 Å². The highest BCUT2D eigenvalue weighted by atomic mass is 35.5. The van der Waals surface area contributed by atoms with Crippen molar-refractivity contribution in [2.45, 2.75) is 12.8 Å². The molecule has 3 rings (SSSR count). The van der Waals surface area contributed by atoms with Crippen molar-refractivity contribution < 1.29 is 9.59 Å². The van der Waals surface area contributed by atoms with E-state index in [0.29, 0.717) is 5.56 Å². The summed E-state index contributed by atoms with van der Waals surface area (Å²) in [5.74, 6) is -0.854. The van der Waals surface area contributed by atoms with Gasteiger partial charge in [-0.25, -0.2) is 5.43 Å². The quantitative estimate of drug-likeness (QED) is 0.277. The fraction of sp³-hybridized carbons (Fsp3) is 0.148. The Balaban J connectivity index is 0.00000408. The number of hydrogen-bond donors (Lipinski definition) is 2. The normalized spacial score (nSPS) is 11.9. The molecule has 0 bridgehead atoms. The minimum atomic E-state index is -0.507. The minimum Gasteiger partial charge on any atom is -0.378 e. The first-order chi connectivity index (χ1) is 15.9. The maximum atomic E-state index is 12.9. The van der Waals surface area contributed by atoms with E-state index < -0.39 is 5.91 Å². The van der Waals surface area contributed by atoms with Crippen molar-refractivity contribution in [3.8, 4) is 0 Å². The lowest BCUT2D eigenvalue weighted by atomic mass is 10.0. The molecule has 1 unspecified atom stereocenters. The summed E-state index contributed by atoms with van der Waals surface area (Å²) in [4.78, 5) is 27.6. The van der Waals surface area contributed by atoms with Crippen LogP contribution >= 0.6 is 12.4 Å². The molecule has 2 amide bonds. The van der Waals surface area contributed by atoms with Gasteiger partial charge >= 0.3 is 0 Å². The number of carbonyl (C=O) groups is 2. The number of carbonyl (C=O) groups excluding carboxylic acids is 2. The van der Waals surface area contributed by atoms with Crippen LogP contribution < -0.4 is 15.6 Å². The van der Waals surface area contributed by atoms with Gasteiger partial charge < -0.3 is 10.2 Å². The van der Waals surface area contributed by atoms with Crippen molar-refractivity contribution in [3.63, 3.8) is 0 Å². The number of halogens is 1. The average molecular weight is 477 g/mol. The Morgan fingerprint density at radius 3 is 2.06 bits per heavy atom. The largest absolute Gasteiger partial charge is 0.378 e. The van der Waals surface area contributed by atoms with Crippen LogP contribution in [0.4, 0.5) is 5.69 Å². The number of nitrogens with one attached hydrogen (secondary N) is 2. The molecule has 176 valence electrons. The van der Waals surface area contributed by atoms with Crippen LogP contribution in [0, 0.1) is 0 Å². The van der Waals surface area contributed by atoms with Gasteiger partial charge in [0.15, 0.2) is 0 Å². The van der Waals surface area contributed by atoms with E-state index in [2.05, 4.69) is 15.8 Å². The maximum absolute atomic E-state index is 12.9. The molecule has 0 aromatic heterocycles. The van der Waals surface area contributed by atoms with Gasteiger partial charge in [0.05, 0.1) is 0 Å². The zero-order valence-corrected chi connectivity index (χ0v) is 20.3. The summed E-state index contributed by atoms with van der Waals surface area (Å²) < 4.78 is 0. The second-order valence-corrected chi connectivity index (χ2v) is 7.78. The van der Waals surface area contributed by atoms with Gasteiger partial charge in [0.2, 0.25) is 0 Å². The molecule has 1 atom stereocenters. The molecular formula is C27H29ClN4O2. The Morgan fingerprint density at radius 1 is 0.882 bits per heavy atom.